The molecule has 0 saturated carbocycles. The predicted octanol–water partition coefficient (Wildman–Crippen LogP) is 4.39. The molecule has 2 aromatic carbocycles. The molecule has 296 valence electrons. The van der Waals surface area contributed by atoms with E-state index in [1.807, 2.05) is 12.1 Å². The SMILES string of the molecule is COCCN(CCOC)Cc1c(OCc2cn(CCOCCOCCNC(=O)OC(C)(C)C)nn2)ccc2c(-c3cc4ccccc4oc3=O)cc(=O)oc12. The van der Waals surface area contributed by atoms with Gasteiger partial charge in [-0.1, -0.05) is 23.4 Å². The highest BCUT2D eigenvalue weighted by atomic mass is 16.6. The zero-order chi connectivity index (χ0) is 39.2. The van der Waals surface area contributed by atoms with E-state index in [4.69, 9.17) is 37.3 Å². The lowest BCUT2D eigenvalue weighted by Gasteiger charge is -2.23. The number of carbonyl (C=O) groups excluding carboxylic acids is 1. The number of hydrogen-bond donors (Lipinski definition) is 1. The lowest BCUT2D eigenvalue weighted by molar-refractivity contribution is 0.0377. The Morgan fingerprint density at radius 1 is 0.891 bits per heavy atom. The summed E-state index contributed by atoms with van der Waals surface area (Å²) in [6, 6.07) is 13.8. The molecule has 0 unspecified atom stereocenters. The van der Waals surface area contributed by atoms with E-state index >= 15 is 0 Å². The van der Waals surface area contributed by atoms with E-state index in [0.717, 1.165) is 5.39 Å². The topological polar surface area (TPSA) is 179 Å². The molecule has 0 spiro atoms. The first-order valence-corrected chi connectivity index (χ1v) is 18.0. The van der Waals surface area contributed by atoms with Crippen molar-refractivity contribution in [1.82, 2.24) is 25.2 Å². The van der Waals surface area contributed by atoms with E-state index in [9.17, 15) is 14.4 Å². The monoisotopic (exact) mass is 763 g/mol. The maximum absolute atomic E-state index is 13.2. The van der Waals surface area contributed by atoms with Crippen LogP contribution in [0.25, 0.3) is 33.1 Å². The lowest BCUT2D eigenvalue weighted by atomic mass is 9.99. The summed E-state index contributed by atoms with van der Waals surface area (Å²) in [5.41, 5.74) is 0.812. The molecule has 0 aliphatic carbocycles. The molecule has 5 aromatic rings. The number of carbonyl (C=O) groups is 1. The fraction of sp³-hybridized carbons (Fsp3) is 0.462. The summed E-state index contributed by atoms with van der Waals surface area (Å²) < 4.78 is 46.5. The Bertz CT molecular complexity index is 2110. The van der Waals surface area contributed by atoms with Gasteiger partial charge < -0.3 is 42.6 Å². The van der Waals surface area contributed by atoms with Crippen LogP contribution in [0.5, 0.6) is 5.75 Å². The highest BCUT2D eigenvalue weighted by molar-refractivity contribution is 5.97. The van der Waals surface area contributed by atoms with Crippen molar-refractivity contribution in [2.45, 2.75) is 46.1 Å². The van der Waals surface area contributed by atoms with Gasteiger partial charge in [-0.3, -0.25) is 4.90 Å². The van der Waals surface area contributed by atoms with Gasteiger partial charge in [-0.25, -0.2) is 19.1 Å². The summed E-state index contributed by atoms with van der Waals surface area (Å²) in [5, 5.41) is 12.4. The number of alkyl carbamates (subject to hydrolysis) is 1. The summed E-state index contributed by atoms with van der Waals surface area (Å²) in [5.74, 6) is 0.470. The van der Waals surface area contributed by atoms with E-state index in [1.54, 1.807) is 76.2 Å². The van der Waals surface area contributed by atoms with E-state index in [0.29, 0.717) is 106 Å². The van der Waals surface area contributed by atoms with Gasteiger partial charge in [0.15, 0.2) is 0 Å². The van der Waals surface area contributed by atoms with Gasteiger partial charge in [-0.05, 0) is 45.0 Å². The molecule has 0 bridgehead atoms. The van der Waals surface area contributed by atoms with Crippen LogP contribution in [-0.2, 0) is 43.4 Å². The van der Waals surface area contributed by atoms with Crippen LogP contribution in [0.15, 0.2) is 73.2 Å². The number of para-hydroxylation sites is 1. The van der Waals surface area contributed by atoms with Gasteiger partial charge in [-0.15, -0.1) is 5.10 Å². The fourth-order valence-corrected chi connectivity index (χ4v) is 5.64. The molecule has 3 heterocycles. The number of nitrogens with zero attached hydrogens (tertiary/aromatic N) is 4. The van der Waals surface area contributed by atoms with Gasteiger partial charge in [-0.2, -0.15) is 0 Å². The van der Waals surface area contributed by atoms with E-state index in [2.05, 4.69) is 20.5 Å². The molecule has 5 rings (SSSR count). The first-order valence-electron chi connectivity index (χ1n) is 18.0. The Kier molecular flexibility index (Phi) is 14.9. The van der Waals surface area contributed by atoms with Gasteiger partial charge >= 0.3 is 17.3 Å². The number of methoxy groups -OCH3 is 2. The molecule has 16 heteroatoms. The number of fused-ring (bicyclic) bond motifs is 2. The highest BCUT2D eigenvalue weighted by Gasteiger charge is 2.21. The van der Waals surface area contributed by atoms with Gasteiger partial charge in [0.2, 0.25) is 0 Å². The van der Waals surface area contributed by atoms with Crippen molar-refractivity contribution >= 4 is 28.0 Å². The fourth-order valence-electron chi connectivity index (χ4n) is 5.64. The molecular weight excluding hydrogens is 714 g/mol. The van der Waals surface area contributed by atoms with Crippen LogP contribution in [0.4, 0.5) is 4.79 Å². The van der Waals surface area contributed by atoms with Crippen molar-refractivity contribution < 1.29 is 42.1 Å². The second-order valence-corrected chi connectivity index (χ2v) is 13.6. The molecule has 0 aliphatic heterocycles. The standard InChI is InChI=1S/C39H49N5O11/c1-39(2,3)55-38(47)40-12-16-50-20-21-51-19-15-44-24-28(41-42-44)26-52-34-11-10-29-30(31-22-27-8-6-7-9-33(27)53-37(31)46)23-35(45)54-36(29)32(34)25-43(13-17-48-4)14-18-49-5/h6-11,22-24H,12-21,25-26H2,1-5H3,(H,40,47). The predicted molar refractivity (Wildman–Crippen MR) is 203 cm³/mol. The Morgan fingerprint density at radius 2 is 1.64 bits per heavy atom. The van der Waals surface area contributed by atoms with Crippen LogP contribution in [-0.4, -0.2) is 105 Å². The Morgan fingerprint density at radius 3 is 2.38 bits per heavy atom. The van der Waals surface area contributed by atoms with E-state index in [1.165, 1.54) is 6.07 Å². The van der Waals surface area contributed by atoms with Crippen molar-refractivity contribution in [2.75, 3.05) is 73.5 Å². The summed E-state index contributed by atoms with van der Waals surface area (Å²) in [4.78, 5) is 40.1. The molecule has 0 saturated heterocycles. The zero-order valence-corrected chi connectivity index (χ0v) is 32.0. The quantitative estimate of drug-likeness (QED) is 0.0822. The Hall–Kier alpha value is -5.13. The van der Waals surface area contributed by atoms with Crippen molar-refractivity contribution in [3.63, 3.8) is 0 Å². The molecule has 16 nitrogen and oxygen atoms in total. The smallest absolute Gasteiger partial charge is 0.407 e. The first kappa shape index (κ1) is 41.0. The van der Waals surface area contributed by atoms with Gasteiger partial charge in [0, 0.05) is 62.8 Å². The summed E-state index contributed by atoms with van der Waals surface area (Å²) >= 11 is 0. The maximum Gasteiger partial charge on any atom is 0.407 e. The van der Waals surface area contributed by atoms with Crippen molar-refractivity contribution in [3.8, 4) is 16.9 Å². The van der Waals surface area contributed by atoms with Crippen LogP contribution >= 0.6 is 0 Å². The van der Waals surface area contributed by atoms with Crippen LogP contribution in [0.2, 0.25) is 0 Å². The molecule has 55 heavy (non-hydrogen) atoms. The molecule has 0 radical (unpaired) electrons. The Labute approximate surface area is 318 Å². The molecular formula is C39H49N5O11. The third kappa shape index (κ3) is 12.2. The van der Waals surface area contributed by atoms with Crippen LogP contribution in [0.3, 0.4) is 0 Å². The largest absolute Gasteiger partial charge is 0.487 e. The number of rotatable bonds is 21. The van der Waals surface area contributed by atoms with Gasteiger partial charge in [0.05, 0.1) is 63.5 Å². The Balaban J connectivity index is 1.26. The van der Waals surface area contributed by atoms with Crippen LogP contribution in [0.1, 0.15) is 32.0 Å². The summed E-state index contributed by atoms with van der Waals surface area (Å²) in [6.07, 6.45) is 1.28. The zero-order valence-electron chi connectivity index (χ0n) is 32.0. The number of nitrogens with one attached hydrogen (secondary N) is 1. The minimum absolute atomic E-state index is 0.0822. The van der Waals surface area contributed by atoms with Gasteiger partial charge in [0.25, 0.3) is 0 Å². The maximum atomic E-state index is 13.2. The lowest BCUT2D eigenvalue weighted by Crippen LogP contribution is -2.34. The van der Waals surface area contributed by atoms with Gasteiger partial charge in [0.1, 0.15) is 34.8 Å². The third-order valence-corrected chi connectivity index (χ3v) is 8.22. The summed E-state index contributed by atoms with van der Waals surface area (Å²) in [6.45, 7) is 10.1. The molecule has 1 N–H and O–H groups in total. The number of ether oxygens (including phenoxy) is 6. The molecule has 0 aliphatic rings. The number of hydrogen-bond acceptors (Lipinski definition) is 14. The minimum atomic E-state index is -0.624. The molecule has 3 aromatic heterocycles. The van der Waals surface area contributed by atoms with Crippen molar-refractivity contribution in [1.29, 1.82) is 0 Å². The van der Waals surface area contributed by atoms with Crippen LogP contribution < -0.4 is 21.3 Å². The number of aromatic nitrogens is 3. The van der Waals surface area contributed by atoms with E-state index in [-0.39, 0.29) is 17.8 Å². The molecule has 0 atom stereocenters. The van der Waals surface area contributed by atoms with Crippen molar-refractivity contribution in [2.24, 2.45) is 0 Å². The molecule has 1 amide bonds. The average Bonchev–Trinajstić information content (AvgIpc) is 3.61. The van der Waals surface area contributed by atoms with Crippen LogP contribution in [0, 0.1) is 0 Å². The van der Waals surface area contributed by atoms with Crippen molar-refractivity contribution in [3.05, 3.63) is 86.8 Å². The second kappa shape index (κ2) is 20.0. The molecule has 0 fully saturated rings. The second-order valence-electron chi connectivity index (χ2n) is 13.6. The summed E-state index contributed by atoms with van der Waals surface area (Å²) in [7, 11) is 3.26. The van der Waals surface area contributed by atoms with E-state index < -0.39 is 22.9 Å². The first-order chi connectivity index (χ1) is 26.5. The highest BCUT2D eigenvalue weighted by Crippen LogP contribution is 2.35. The third-order valence-electron chi connectivity index (χ3n) is 8.22. The normalized spacial score (nSPS) is 11.8. The minimum Gasteiger partial charge on any atom is -0.487 e. The number of benzene rings is 2. The number of amides is 1. The average molecular weight is 764 g/mol.